The molecule has 2 aromatic heterocycles. The molecule has 5 rings (SSSR count). The fraction of sp³-hybridized carbons (Fsp3) is 0.316. The minimum absolute atomic E-state index is 0.0339. The number of rotatable bonds is 3. The van der Waals surface area contributed by atoms with Crippen molar-refractivity contribution in [2.75, 3.05) is 12.3 Å². The fourth-order valence-corrected chi connectivity index (χ4v) is 5.84. The first kappa shape index (κ1) is 17.9. The zero-order chi connectivity index (χ0) is 20.5. The third kappa shape index (κ3) is 2.25. The predicted molar refractivity (Wildman–Crippen MR) is 104 cm³/mol. The van der Waals surface area contributed by atoms with Gasteiger partial charge in [0.15, 0.2) is 0 Å². The van der Waals surface area contributed by atoms with Crippen LogP contribution in [0.5, 0.6) is 5.88 Å². The summed E-state index contributed by atoms with van der Waals surface area (Å²) in [7, 11) is -3.45. The van der Waals surface area contributed by atoms with E-state index in [0.29, 0.717) is 34.3 Å². The van der Waals surface area contributed by atoms with Crippen LogP contribution < -0.4 is 5.69 Å². The molecule has 1 saturated heterocycles. The monoisotopic (exact) mass is 411 g/mol. The number of nitrogens with zero attached hydrogens (tertiary/aromatic N) is 5. The Labute approximate surface area is 166 Å². The average molecular weight is 411 g/mol. The van der Waals surface area contributed by atoms with Gasteiger partial charge < -0.3 is 5.11 Å². The number of pyridine rings is 1. The van der Waals surface area contributed by atoms with Crippen molar-refractivity contribution < 1.29 is 13.5 Å². The molecule has 0 amide bonds. The van der Waals surface area contributed by atoms with Crippen molar-refractivity contribution >= 4 is 20.9 Å². The number of hydrogen-bond acceptors (Lipinski definition) is 6. The van der Waals surface area contributed by atoms with E-state index in [1.54, 1.807) is 37.4 Å². The molecule has 2 atom stereocenters. The quantitative estimate of drug-likeness (QED) is 0.696. The van der Waals surface area contributed by atoms with Crippen molar-refractivity contribution in [3.63, 3.8) is 0 Å². The summed E-state index contributed by atoms with van der Waals surface area (Å²) in [6.07, 6.45) is 2.04. The molecule has 1 N–H and O–H groups in total. The molecule has 1 aromatic carbocycles. The highest BCUT2D eigenvalue weighted by molar-refractivity contribution is 7.89. The Bertz CT molecular complexity index is 1380. The van der Waals surface area contributed by atoms with E-state index in [0.717, 1.165) is 0 Å². The Hall–Kier alpha value is -3.16. The predicted octanol–water partition coefficient (Wildman–Crippen LogP) is 1.42. The molecule has 4 heterocycles. The third-order valence-electron chi connectivity index (χ3n) is 5.84. The van der Waals surface area contributed by atoms with E-state index in [4.69, 9.17) is 0 Å². The first-order valence-electron chi connectivity index (χ1n) is 9.22. The maximum Gasteiger partial charge on any atom is 0.336 e. The van der Waals surface area contributed by atoms with Crippen molar-refractivity contribution in [2.24, 2.45) is 0 Å². The molecule has 0 radical (unpaired) electrons. The molecule has 3 aromatic rings. The maximum absolute atomic E-state index is 13.2. The molecule has 0 spiro atoms. The smallest absolute Gasteiger partial charge is 0.336 e. The van der Waals surface area contributed by atoms with Gasteiger partial charge in [-0.1, -0.05) is 0 Å². The average Bonchev–Trinajstić information content (AvgIpc) is 3.39. The second-order valence-electron chi connectivity index (χ2n) is 7.22. The topological polar surface area (TPSA) is 121 Å². The van der Waals surface area contributed by atoms with Gasteiger partial charge in [-0.25, -0.2) is 17.8 Å². The van der Waals surface area contributed by atoms with Gasteiger partial charge in [-0.3, -0.25) is 9.55 Å². The van der Waals surface area contributed by atoms with Crippen molar-refractivity contribution in [1.29, 1.82) is 5.26 Å². The number of aromatic hydroxyl groups is 1. The third-order valence-corrected chi connectivity index (χ3v) is 7.69. The van der Waals surface area contributed by atoms with Gasteiger partial charge in [0.2, 0.25) is 15.9 Å². The highest BCUT2D eigenvalue weighted by Gasteiger charge is 2.51. The van der Waals surface area contributed by atoms with Crippen LogP contribution in [0.1, 0.15) is 36.7 Å². The summed E-state index contributed by atoms with van der Waals surface area (Å²) in [5.41, 5.74) is 1.10. The van der Waals surface area contributed by atoms with Crippen LogP contribution in [-0.4, -0.2) is 44.2 Å². The molecule has 2 aliphatic heterocycles. The number of sulfonamides is 1. The molecule has 1 fully saturated rings. The van der Waals surface area contributed by atoms with Crippen LogP contribution in [0.2, 0.25) is 0 Å². The van der Waals surface area contributed by atoms with Crippen LogP contribution >= 0.6 is 0 Å². The highest BCUT2D eigenvalue weighted by Crippen LogP contribution is 2.49. The van der Waals surface area contributed by atoms with E-state index in [9.17, 15) is 23.6 Å². The van der Waals surface area contributed by atoms with E-state index in [1.165, 1.54) is 13.4 Å². The van der Waals surface area contributed by atoms with E-state index in [-0.39, 0.29) is 24.2 Å². The van der Waals surface area contributed by atoms with Crippen LogP contribution in [-0.2, 0) is 10.0 Å². The number of imidazole rings is 1. The van der Waals surface area contributed by atoms with Crippen molar-refractivity contribution in [3.05, 3.63) is 52.2 Å². The zero-order valence-corrected chi connectivity index (χ0v) is 16.3. The minimum Gasteiger partial charge on any atom is -0.493 e. The van der Waals surface area contributed by atoms with Crippen LogP contribution in [0.15, 0.2) is 35.3 Å². The lowest BCUT2D eigenvalue weighted by atomic mass is 10.1. The van der Waals surface area contributed by atoms with Gasteiger partial charge in [-0.05, 0) is 37.6 Å². The molecule has 9 nitrogen and oxygen atoms in total. The second kappa shape index (κ2) is 5.92. The first-order valence-corrected chi connectivity index (χ1v) is 10.8. The lowest BCUT2D eigenvalue weighted by Crippen LogP contribution is -2.38. The van der Waals surface area contributed by atoms with Gasteiger partial charge in [0.1, 0.15) is 11.8 Å². The van der Waals surface area contributed by atoms with E-state index >= 15 is 0 Å². The van der Waals surface area contributed by atoms with Crippen molar-refractivity contribution in [1.82, 2.24) is 18.4 Å². The lowest BCUT2D eigenvalue weighted by Gasteiger charge is -2.26. The Balaban J connectivity index is 1.75. The van der Waals surface area contributed by atoms with E-state index in [2.05, 4.69) is 11.1 Å². The molecule has 148 valence electrons. The van der Waals surface area contributed by atoms with Crippen LogP contribution in [0, 0.1) is 11.3 Å². The largest absolute Gasteiger partial charge is 0.493 e. The maximum atomic E-state index is 13.2. The molecule has 0 aliphatic carbocycles. The number of aromatic nitrogens is 3. The molecule has 2 aliphatic rings. The molecule has 29 heavy (non-hydrogen) atoms. The first-order chi connectivity index (χ1) is 13.9. The number of benzene rings is 1. The minimum atomic E-state index is -3.45. The Kier molecular flexibility index (Phi) is 3.65. The number of hydrogen-bond donors (Lipinski definition) is 1. The molecule has 0 saturated carbocycles. The second-order valence-corrected chi connectivity index (χ2v) is 9.43. The molecular formula is C19H17N5O4S. The number of nitriles is 1. The summed E-state index contributed by atoms with van der Waals surface area (Å²) in [4.78, 5) is 17.5. The summed E-state index contributed by atoms with van der Waals surface area (Å²) in [6, 6.07) is 7.80. The summed E-state index contributed by atoms with van der Waals surface area (Å²) in [5, 5.41) is 20.9. The summed E-state index contributed by atoms with van der Waals surface area (Å²) in [5.74, 6) is -0.304. The van der Waals surface area contributed by atoms with E-state index < -0.39 is 21.8 Å². The van der Waals surface area contributed by atoms with Gasteiger partial charge in [0.05, 0.1) is 34.6 Å². The van der Waals surface area contributed by atoms with Crippen molar-refractivity contribution in [2.45, 2.75) is 25.4 Å². The Morgan fingerprint density at radius 1 is 1.34 bits per heavy atom. The van der Waals surface area contributed by atoms with Gasteiger partial charge in [0, 0.05) is 18.1 Å². The number of fused-ring (bicyclic) bond motifs is 6. The van der Waals surface area contributed by atoms with Gasteiger partial charge in [-0.2, -0.15) is 9.57 Å². The lowest BCUT2D eigenvalue weighted by molar-refractivity contribution is 0.343. The SMILES string of the molecule is CCS(=O)(=O)N1C[C@@H]2C[C@H]1c1c(O)n(-c3ccc(C#N)c4ncccc34)c(=O)n12. The fourth-order valence-electron chi connectivity index (χ4n) is 4.54. The van der Waals surface area contributed by atoms with Gasteiger partial charge in [0.25, 0.3) is 0 Å². The Morgan fingerprint density at radius 3 is 2.86 bits per heavy atom. The zero-order valence-electron chi connectivity index (χ0n) is 15.5. The molecule has 0 unspecified atom stereocenters. The summed E-state index contributed by atoms with van der Waals surface area (Å²) < 4.78 is 28.9. The normalized spacial score (nSPS) is 20.8. The van der Waals surface area contributed by atoms with Crippen LogP contribution in [0.3, 0.4) is 0 Å². The summed E-state index contributed by atoms with van der Waals surface area (Å²) >= 11 is 0. The van der Waals surface area contributed by atoms with Crippen molar-refractivity contribution in [3.8, 4) is 17.6 Å². The van der Waals surface area contributed by atoms with Gasteiger partial charge in [-0.15, -0.1) is 0 Å². The van der Waals surface area contributed by atoms with E-state index in [1.807, 2.05) is 0 Å². The van der Waals surface area contributed by atoms with Gasteiger partial charge >= 0.3 is 5.69 Å². The van der Waals surface area contributed by atoms with Crippen LogP contribution in [0.25, 0.3) is 16.6 Å². The standard InChI is InChI=1S/C19H17N5O4S/c1-2-29(27,28)22-10-12-8-15(22)17-18(25)24(19(26)23(12)17)14-6-5-11(9-20)16-13(14)4-3-7-21-16/h3-7,12,15,25H,2,8,10H2,1H3/t12-,15-/m0/s1. The Morgan fingerprint density at radius 2 is 2.14 bits per heavy atom. The summed E-state index contributed by atoms with van der Waals surface area (Å²) in [6.45, 7) is 1.81. The molecule has 2 bridgehead atoms. The van der Waals surface area contributed by atoms with Crippen LogP contribution in [0.4, 0.5) is 0 Å². The molecular weight excluding hydrogens is 394 g/mol. The highest BCUT2D eigenvalue weighted by atomic mass is 32.2. The molecule has 10 heteroatoms.